The summed E-state index contributed by atoms with van der Waals surface area (Å²) >= 11 is 0. The van der Waals surface area contributed by atoms with Gasteiger partial charge in [-0.1, -0.05) is 30.3 Å². The van der Waals surface area contributed by atoms with Gasteiger partial charge in [0.25, 0.3) is 0 Å². The normalized spacial score (nSPS) is 23.6. The minimum Gasteiger partial charge on any atom is -0.296 e. The average Bonchev–Trinajstić information content (AvgIpc) is 2.23. The Labute approximate surface area is 86.7 Å². The summed E-state index contributed by atoms with van der Waals surface area (Å²) < 4.78 is 0. The van der Waals surface area contributed by atoms with Crippen LogP contribution in [0.1, 0.15) is 25.3 Å². The molecule has 1 aromatic rings. The predicted molar refractivity (Wildman–Crippen MR) is 59.8 cm³/mol. The van der Waals surface area contributed by atoms with Crippen LogP contribution in [-0.4, -0.2) is 17.5 Å². The molecule has 0 N–H and O–H groups in total. The highest BCUT2D eigenvalue weighted by molar-refractivity contribution is 5.14. The largest absolute Gasteiger partial charge is 0.296 e. The van der Waals surface area contributed by atoms with Crippen molar-refractivity contribution >= 4 is 0 Å². The fourth-order valence-corrected chi connectivity index (χ4v) is 2.05. The van der Waals surface area contributed by atoms with E-state index in [1.54, 1.807) is 0 Å². The SMILES string of the molecule is CC1[CH]CCCN1Cc1ccccc1. The van der Waals surface area contributed by atoms with Crippen molar-refractivity contribution in [3.8, 4) is 0 Å². The highest BCUT2D eigenvalue weighted by Crippen LogP contribution is 2.17. The quantitative estimate of drug-likeness (QED) is 0.690. The Morgan fingerprint density at radius 1 is 1.29 bits per heavy atom. The van der Waals surface area contributed by atoms with Crippen LogP contribution in [0.25, 0.3) is 0 Å². The number of likely N-dealkylation sites (tertiary alicyclic amines) is 1. The first-order valence-electron chi connectivity index (χ1n) is 5.47. The van der Waals surface area contributed by atoms with Crippen molar-refractivity contribution in [1.82, 2.24) is 4.90 Å². The van der Waals surface area contributed by atoms with Crippen molar-refractivity contribution in [3.05, 3.63) is 42.3 Å². The Hall–Kier alpha value is -0.820. The standard InChI is InChI=1S/C13H18N/c1-12-7-5-6-10-14(12)11-13-8-3-2-4-9-13/h2-4,7-9,12H,5-6,10-11H2,1H3. The second-order valence-corrected chi connectivity index (χ2v) is 4.07. The van der Waals surface area contributed by atoms with E-state index in [2.05, 4.69) is 48.6 Å². The zero-order valence-electron chi connectivity index (χ0n) is 8.82. The Kier molecular flexibility index (Phi) is 3.20. The first-order chi connectivity index (χ1) is 6.86. The van der Waals surface area contributed by atoms with E-state index in [9.17, 15) is 0 Å². The highest BCUT2D eigenvalue weighted by atomic mass is 15.2. The molecule has 1 atom stereocenters. The van der Waals surface area contributed by atoms with Crippen LogP contribution in [0.2, 0.25) is 0 Å². The van der Waals surface area contributed by atoms with E-state index >= 15 is 0 Å². The molecule has 1 fully saturated rings. The number of rotatable bonds is 2. The van der Waals surface area contributed by atoms with Gasteiger partial charge in [-0.05, 0) is 38.3 Å². The lowest BCUT2D eigenvalue weighted by molar-refractivity contribution is 0.191. The lowest BCUT2D eigenvalue weighted by Crippen LogP contribution is -2.37. The number of nitrogens with zero attached hydrogens (tertiary/aromatic N) is 1. The molecule has 1 nitrogen and oxygen atoms in total. The molecule has 1 heterocycles. The van der Waals surface area contributed by atoms with Crippen molar-refractivity contribution in [3.63, 3.8) is 0 Å². The molecule has 2 rings (SSSR count). The third-order valence-electron chi connectivity index (χ3n) is 2.96. The van der Waals surface area contributed by atoms with Crippen LogP contribution in [0, 0.1) is 6.42 Å². The fourth-order valence-electron chi connectivity index (χ4n) is 2.05. The Balaban J connectivity index is 1.96. The maximum Gasteiger partial charge on any atom is 0.0236 e. The van der Waals surface area contributed by atoms with Gasteiger partial charge in [-0.3, -0.25) is 4.90 Å². The molecule has 1 radical (unpaired) electrons. The number of piperidine rings is 1. The summed E-state index contributed by atoms with van der Waals surface area (Å²) in [7, 11) is 0. The predicted octanol–water partition coefficient (Wildman–Crippen LogP) is 2.88. The van der Waals surface area contributed by atoms with Gasteiger partial charge in [0, 0.05) is 12.6 Å². The average molecular weight is 188 g/mol. The highest BCUT2D eigenvalue weighted by Gasteiger charge is 2.17. The molecule has 14 heavy (non-hydrogen) atoms. The van der Waals surface area contributed by atoms with E-state index < -0.39 is 0 Å². The summed E-state index contributed by atoms with van der Waals surface area (Å²) in [6, 6.07) is 11.4. The molecule has 0 amide bonds. The van der Waals surface area contributed by atoms with Gasteiger partial charge in [0.15, 0.2) is 0 Å². The molecule has 0 aliphatic carbocycles. The zero-order chi connectivity index (χ0) is 9.80. The van der Waals surface area contributed by atoms with Crippen molar-refractivity contribution in [2.45, 2.75) is 32.4 Å². The van der Waals surface area contributed by atoms with E-state index in [-0.39, 0.29) is 0 Å². The Morgan fingerprint density at radius 3 is 2.79 bits per heavy atom. The number of hydrogen-bond acceptors (Lipinski definition) is 1. The van der Waals surface area contributed by atoms with Gasteiger partial charge in [-0.25, -0.2) is 0 Å². The molecule has 75 valence electrons. The molecule has 1 heteroatoms. The molecular formula is C13H18N. The summed E-state index contributed by atoms with van der Waals surface area (Å²) in [4.78, 5) is 2.54. The van der Waals surface area contributed by atoms with Crippen LogP contribution in [0.4, 0.5) is 0 Å². The second-order valence-electron chi connectivity index (χ2n) is 4.07. The number of hydrogen-bond donors (Lipinski definition) is 0. The minimum atomic E-state index is 0.643. The third-order valence-corrected chi connectivity index (χ3v) is 2.96. The molecule has 1 unspecified atom stereocenters. The molecule has 0 aromatic heterocycles. The van der Waals surface area contributed by atoms with Crippen LogP contribution in [0.3, 0.4) is 0 Å². The van der Waals surface area contributed by atoms with Gasteiger partial charge < -0.3 is 0 Å². The smallest absolute Gasteiger partial charge is 0.0236 e. The second kappa shape index (κ2) is 4.61. The van der Waals surface area contributed by atoms with Gasteiger partial charge in [0.05, 0.1) is 0 Å². The monoisotopic (exact) mass is 188 g/mol. The molecular weight excluding hydrogens is 170 g/mol. The van der Waals surface area contributed by atoms with Gasteiger partial charge in [-0.15, -0.1) is 0 Å². The maximum absolute atomic E-state index is 2.54. The lowest BCUT2D eigenvalue weighted by Gasteiger charge is -2.33. The van der Waals surface area contributed by atoms with Crippen LogP contribution in [0.5, 0.6) is 0 Å². The van der Waals surface area contributed by atoms with Crippen LogP contribution in [-0.2, 0) is 6.54 Å². The molecule has 1 saturated heterocycles. The first kappa shape index (κ1) is 9.72. The summed E-state index contributed by atoms with van der Waals surface area (Å²) in [5.41, 5.74) is 1.43. The topological polar surface area (TPSA) is 3.24 Å². The molecule has 0 saturated carbocycles. The number of benzene rings is 1. The summed E-state index contributed by atoms with van der Waals surface area (Å²) in [5.74, 6) is 0. The van der Waals surface area contributed by atoms with Crippen LogP contribution >= 0.6 is 0 Å². The minimum absolute atomic E-state index is 0.643. The lowest BCUT2D eigenvalue weighted by atomic mass is 10.0. The van der Waals surface area contributed by atoms with Crippen LogP contribution < -0.4 is 0 Å². The van der Waals surface area contributed by atoms with Crippen molar-refractivity contribution in [2.75, 3.05) is 6.54 Å². The summed E-state index contributed by atoms with van der Waals surface area (Å²) in [5, 5.41) is 0. The van der Waals surface area contributed by atoms with E-state index in [0.29, 0.717) is 6.04 Å². The van der Waals surface area contributed by atoms with Crippen molar-refractivity contribution in [1.29, 1.82) is 0 Å². The molecule has 1 aromatic carbocycles. The van der Waals surface area contributed by atoms with E-state index in [4.69, 9.17) is 0 Å². The third kappa shape index (κ3) is 2.36. The molecule has 0 bridgehead atoms. The Morgan fingerprint density at radius 2 is 2.07 bits per heavy atom. The van der Waals surface area contributed by atoms with Crippen molar-refractivity contribution < 1.29 is 0 Å². The van der Waals surface area contributed by atoms with Crippen LogP contribution in [0.15, 0.2) is 30.3 Å². The van der Waals surface area contributed by atoms with Gasteiger partial charge in [-0.2, -0.15) is 0 Å². The molecule has 1 aliphatic rings. The summed E-state index contributed by atoms with van der Waals surface area (Å²) in [6.07, 6.45) is 5.02. The van der Waals surface area contributed by atoms with Gasteiger partial charge >= 0.3 is 0 Å². The van der Waals surface area contributed by atoms with Gasteiger partial charge in [0.1, 0.15) is 0 Å². The van der Waals surface area contributed by atoms with E-state index in [0.717, 1.165) is 6.54 Å². The fraction of sp³-hybridized carbons (Fsp3) is 0.462. The maximum atomic E-state index is 2.54. The first-order valence-corrected chi connectivity index (χ1v) is 5.47. The zero-order valence-corrected chi connectivity index (χ0v) is 8.82. The van der Waals surface area contributed by atoms with E-state index in [1.807, 2.05) is 0 Å². The van der Waals surface area contributed by atoms with Gasteiger partial charge in [0.2, 0.25) is 0 Å². The van der Waals surface area contributed by atoms with Crippen molar-refractivity contribution in [2.24, 2.45) is 0 Å². The molecule has 1 aliphatic heterocycles. The Bertz CT molecular complexity index is 268. The van der Waals surface area contributed by atoms with E-state index in [1.165, 1.54) is 24.9 Å². The molecule has 0 spiro atoms. The summed E-state index contributed by atoms with van der Waals surface area (Å²) in [6.45, 7) is 4.63.